The van der Waals surface area contributed by atoms with Gasteiger partial charge in [-0.3, -0.25) is 4.90 Å². The van der Waals surface area contributed by atoms with Gasteiger partial charge in [-0.05, 0) is 55.1 Å². The number of anilines is 1. The minimum Gasteiger partial charge on any atom is -0.410 e. The van der Waals surface area contributed by atoms with Crippen LogP contribution in [-0.2, 0) is 0 Å². The largest absolute Gasteiger partial charge is 0.412 e. The molecule has 1 N–H and O–H groups in total. The van der Waals surface area contributed by atoms with Gasteiger partial charge in [-0.15, -0.1) is 11.3 Å². The van der Waals surface area contributed by atoms with Crippen molar-refractivity contribution in [1.82, 2.24) is 10.2 Å². The zero-order valence-corrected chi connectivity index (χ0v) is 19.5. The average molecular weight is 478 g/mol. The van der Waals surface area contributed by atoms with Gasteiger partial charge in [0.25, 0.3) is 0 Å². The number of carbonyl (C=O) groups excluding carboxylic acids is 1. The summed E-state index contributed by atoms with van der Waals surface area (Å²) in [5, 5.41) is 7.05. The maximum Gasteiger partial charge on any atom is 0.412 e. The highest BCUT2D eigenvalue weighted by Gasteiger charge is 2.19. The van der Waals surface area contributed by atoms with Crippen molar-refractivity contribution < 1.29 is 9.53 Å². The van der Waals surface area contributed by atoms with Gasteiger partial charge in [0.1, 0.15) is 5.75 Å². The van der Waals surface area contributed by atoms with Crippen molar-refractivity contribution in [2.24, 2.45) is 0 Å². The monoisotopic (exact) mass is 477 g/mol. The summed E-state index contributed by atoms with van der Waals surface area (Å²) in [6.45, 7) is 5.46. The molecule has 1 fully saturated rings. The molecule has 0 aliphatic carbocycles. The number of ether oxygens (including phenoxy) is 1. The number of fused-ring (bicyclic) bond motifs is 1. The topological polar surface area (TPSA) is 44.8 Å². The van der Waals surface area contributed by atoms with Crippen LogP contribution < -0.4 is 15.0 Å². The van der Waals surface area contributed by atoms with E-state index in [0.717, 1.165) is 61.3 Å². The fraction of sp³-hybridized carbons (Fsp3) is 0.348. The summed E-state index contributed by atoms with van der Waals surface area (Å²) in [5.74, 6) is 0.605. The van der Waals surface area contributed by atoms with Crippen LogP contribution in [-0.4, -0.2) is 50.3 Å². The Morgan fingerprint density at radius 3 is 2.68 bits per heavy atom. The van der Waals surface area contributed by atoms with Gasteiger partial charge in [0.05, 0.1) is 15.7 Å². The molecule has 4 rings (SSSR count). The molecule has 0 spiro atoms. The fourth-order valence-corrected chi connectivity index (χ4v) is 5.01. The van der Waals surface area contributed by atoms with E-state index in [4.69, 9.17) is 27.9 Å². The van der Waals surface area contributed by atoms with Crippen molar-refractivity contribution in [3.05, 3.63) is 57.9 Å². The number of thiophene rings is 1. The Morgan fingerprint density at radius 1 is 1.03 bits per heavy atom. The van der Waals surface area contributed by atoms with Crippen LogP contribution in [0.5, 0.6) is 5.75 Å². The van der Waals surface area contributed by atoms with Crippen LogP contribution >= 0.6 is 34.5 Å². The number of halogens is 2. The second-order valence-electron chi connectivity index (χ2n) is 7.51. The third-order valence-corrected chi connectivity index (χ3v) is 7.16. The maximum atomic E-state index is 12.1. The van der Waals surface area contributed by atoms with Gasteiger partial charge in [-0.2, -0.15) is 0 Å². The molecule has 2 aromatic carbocycles. The lowest BCUT2D eigenvalue weighted by Crippen LogP contribution is -2.46. The molecule has 1 aliphatic rings. The quantitative estimate of drug-likeness (QED) is 0.430. The Bertz CT molecular complexity index is 1030. The van der Waals surface area contributed by atoms with Crippen LogP contribution in [0.1, 0.15) is 12.8 Å². The Labute approximate surface area is 196 Å². The molecule has 1 saturated heterocycles. The molecule has 3 aromatic rings. The predicted molar refractivity (Wildman–Crippen MR) is 130 cm³/mol. The summed E-state index contributed by atoms with van der Waals surface area (Å²) in [4.78, 5) is 16.8. The lowest BCUT2D eigenvalue weighted by atomic mass is 10.2. The molecular formula is C23H25Cl2N3O2S. The summed E-state index contributed by atoms with van der Waals surface area (Å²) in [6.07, 6.45) is 1.54. The van der Waals surface area contributed by atoms with Crippen molar-refractivity contribution in [2.45, 2.75) is 12.8 Å². The van der Waals surface area contributed by atoms with Crippen LogP contribution in [0, 0.1) is 0 Å². The lowest BCUT2D eigenvalue weighted by Gasteiger charge is -2.36. The van der Waals surface area contributed by atoms with Crippen molar-refractivity contribution in [1.29, 1.82) is 0 Å². The number of amides is 1. The third kappa shape index (κ3) is 5.63. The smallest absolute Gasteiger partial charge is 0.410 e. The van der Waals surface area contributed by atoms with E-state index >= 15 is 0 Å². The SMILES string of the molecule is O=C(NCCCCN1CCN(c2cccc(Cl)c2Cl)CC1)Oc1cccc2sccc12. The van der Waals surface area contributed by atoms with Crippen molar-refractivity contribution in [3.63, 3.8) is 0 Å². The van der Waals surface area contributed by atoms with Gasteiger partial charge < -0.3 is 15.0 Å². The predicted octanol–water partition coefficient (Wildman–Crippen LogP) is 5.90. The van der Waals surface area contributed by atoms with Crippen LogP contribution in [0.3, 0.4) is 0 Å². The molecule has 2 heterocycles. The van der Waals surface area contributed by atoms with Gasteiger partial charge in [0.2, 0.25) is 0 Å². The van der Waals surface area contributed by atoms with Crippen LogP contribution in [0.25, 0.3) is 10.1 Å². The maximum absolute atomic E-state index is 12.1. The Balaban J connectivity index is 1.13. The minimum absolute atomic E-state index is 0.397. The number of hydrogen-bond donors (Lipinski definition) is 1. The first kappa shape index (κ1) is 22.2. The Hall–Kier alpha value is -1.99. The molecular weight excluding hydrogens is 453 g/mol. The summed E-state index contributed by atoms with van der Waals surface area (Å²) in [6, 6.07) is 13.5. The van der Waals surface area contributed by atoms with Gasteiger partial charge >= 0.3 is 6.09 Å². The Morgan fingerprint density at radius 2 is 1.84 bits per heavy atom. The molecule has 5 nitrogen and oxygen atoms in total. The third-order valence-electron chi connectivity index (χ3n) is 5.47. The number of nitrogens with one attached hydrogen (secondary N) is 1. The normalized spacial score (nSPS) is 14.7. The van der Waals surface area contributed by atoms with Gasteiger partial charge in [0.15, 0.2) is 0 Å². The van der Waals surface area contributed by atoms with E-state index in [1.807, 2.05) is 47.8 Å². The van der Waals surface area contributed by atoms with E-state index in [2.05, 4.69) is 15.1 Å². The second kappa shape index (κ2) is 10.6. The van der Waals surface area contributed by atoms with E-state index in [1.165, 1.54) is 0 Å². The molecule has 1 amide bonds. The molecule has 0 radical (unpaired) electrons. The number of nitrogens with zero attached hydrogens (tertiary/aromatic N) is 2. The van der Waals surface area contributed by atoms with Crippen LogP contribution in [0.2, 0.25) is 10.0 Å². The number of unbranched alkanes of at least 4 members (excludes halogenated alkanes) is 1. The standard InChI is InChI=1S/C23H25Cl2N3O2S/c24-18-5-3-6-19(22(18)25)28-14-12-27(13-15-28)11-2-1-10-26-23(29)30-20-7-4-8-21-17(20)9-16-31-21/h3-9,16H,1-2,10-15H2,(H,26,29). The summed E-state index contributed by atoms with van der Waals surface area (Å²) >= 11 is 14.1. The molecule has 31 heavy (non-hydrogen) atoms. The highest BCUT2D eigenvalue weighted by Crippen LogP contribution is 2.33. The van der Waals surface area contributed by atoms with E-state index in [-0.39, 0.29) is 0 Å². The van der Waals surface area contributed by atoms with Gasteiger partial charge in [0, 0.05) is 42.8 Å². The zero-order valence-electron chi connectivity index (χ0n) is 17.2. The number of carbonyl (C=O) groups is 1. The number of rotatable bonds is 7. The van der Waals surface area contributed by atoms with Crippen molar-refractivity contribution in [2.75, 3.05) is 44.2 Å². The summed E-state index contributed by atoms with van der Waals surface area (Å²) in [7, 11) is 0. The van der Waals surface area contributed by atoms with Crippen LogP contribution in [0.15, 0.2) is 47.8 Å². The molecule has 1 aliphatic heterocycles. The van der Waals surface area contributed by atoms with Crippen molar-refractivity contribution in [3.8, 4) is 5.75 Å². The van der Waals surface area contributed by atoms with E-state index in [1.54, 1.807) is 11.3 Å². The van der Waals surface area contributed by atoms with E-state index in [0.29, 0.717) is 22.3 Å². The molecule has 1 aromatic heterocycles. The van der Waals surface area contributed by atoms with E-state index < -0.39 is 6.09 Å². The number of hydrogen-bond acceptors (Lipinski definition) is 5. The van der Waals surface area contributed by atoms with Gasteiger partial charge in [-0.25, -0.2) is 4.79 Å². The Kier molecular flexibility index (Phi) is 7.56. The molecule has 0 saturated carbocycles. The zero-order chi connectivity index (χ0) is 21.6. The highest BCUT2D eigenvalue weighted by atomic mass is 35.5. The molecule has 164 valence electrons. The fourth-order valence-electron chi connectivity index (χ4n) is 3.79. The van der Waals surface area contributed by atoms with Gasteiger partial charge in [-0.1, -0.05) is 35.3 Å². The van der Waals surface area contributed by atoms with Crippen molar-refractivity contribution >= 4 is 56.4 Å². The number of piperazine rings is 1. The molecule has 8 heteroatoms. The average Bonchev–Trinajstić information content (AvgIpc) is 3.26. The summed E-state index contributed by atoms with van der Waals surface area (Å²) < 4.78 is 6.59. The molecule has 0 atom stereocenters. The first-order valence-corrected chi connectivity index (χ1v) is 12.1. The second-order valence-corrected chi connectivity index (χ2v) is 9.25. The first-order chi connectivity index (χ1) is 15.1. The minimum atomic E-state index is -0.397. The summed E-state index contributed by atoms with van der Waals surface area (Å²) in [5.41, 5.74) is 1.01. The lowest BCUT2D eigenvalue weighted by molar-refractivity contribution is 0.200. The molecule has 0 bridgehead atoms. The van der Waals surface area contributed by atoms with Crippen LogP contribution in [0.4, 0.5) is 10.5 Å². The first-order valence-electron chi connectivity index (χ1n) is 10.4. The number of benzene rings is 2. The molecule has 0 unspecified atom stereocenters. The van der Waals surface area contributed by atoms with E-state index in [9.17, 15) is 4.79 Å². The highest BCUT2D eigenvalue weighted by molar-refractivity contribution is 7.17.